The molecule has 19 heavy (non-hydrogen) atoms. The minimum absolute atomic E-state index is 0.0176. The zero-order valence-electron chi connectivity index (χ0n) is 11.8. The Hall–Kier alpha value is -1.29. The highest BCUT2D eigenvalue weighted by atomic mass is 32.2. The van der Waals surface area contributed by atoms with E-state index in [0.717, 1.165) is 11.8 Å². The molecule has 0 heterocycles. The molecule has 0 bridgehead atoms. The summed E-state index contributed by atoms with van der Waals surface area (Å²) in [4.78, 5) is 23.6. The number of carbonyl (C=O) groups excluding carboxylic acids is 2. The molecule has 0 spiro atoms. The van der Waals surface area contributed by atoms with Crippen LogP contribution < -0.4 is 0 Å². The van der Waals surface area contributed by atoms with E-state index in [-0.39, 0.29) is 17.0 Å². The fourth-order valence-corrected chi connectivity index (χ4v) is 2.17. The van der Waals surface area contributed by atoms with Crippen molar-refractivity contribution in [3.8, 4) is 0 Å². The topological polar surface area (TPSA) is 43.4 Å². The van der Waals surface area contributed by atoms with Crippen molar-refractivity contribution in [1.82, 2.24) is 0 Å². The molecule has 0 N–H and O–H groups in total. The number of hydrogen-bond acceptors (Lipinski definition) is 4. The number of benzene rings is 1. The van der Waals surface area contributed by atoms with Crippen LogP contribution in [0.15, 0.2) is 30.3 Å². The number of carbonyl (C=O) groups is 2. The molecular weight excluding hydrogens is 260 g/mol. The predicted molar refractivity (Wildman–Crippen MR) is 78.2 cm³/mol. The molecule has 0 amide bonds. The highest BCUT2D eigenvalue weighted by Gasteiger charge is 2.22. The summed E-state index contributed by atoms with van der Waals surface area (Å²) in [5, 5.41) is -0.0176. The molecule has 3 nitrogen and oxygen atoms in total. The molecule has 0 aliphatic rings. The molecule has 0 saturated carbocycles. The molecule has 0 aliphatic heterocycles. The van der Waals surface area contributed by atoms with Crippen molar-refractivity contribution in [2.24, 2.45) is 5.92 Å². The molecule has 1 aromatic carbocycles. The Labute approximate surface area is 118 Å². The van der Waals surface area contributed by atoms with E-state index < -0.39 is 5.60 Å². The van der Waals surface area contributed by atoms with E-state index in [1.54, 1.807) is 19.1 Å². The Bertz CT molecular complexity index is 434. The molecule has 1 unspecified atom stereocenters. The first-order valence-electron chi connectivity index (χ1n) is 6.24. The van der Waals surface area contributed by atoms with E-state index in [0.29, 0.717) is 11.3 Å². The van der Waals surface area contributed by atoms with E-state index in [4.69, 9.17) is 4.74 Å². The van der Waals surface area contributed by atoms with Gasteiger partial charge in [0.1, 0.15) is 5.60 Å². The van der Waals surface area contributed by atoms with Gasteiger partial charge in [-0.25, -0.2) is 0 Å². The van der Waals surface area contributed by atoms with Gasteiger partial charge in [-0.2, -0.15) is 0 Å². The zero-order chi connectivity index (χ0) is 14.5. The van der Waals surface area contributed by atoms with Crippen LogP contribution in [0.4, 0.5) is 0 Å². The number of rotatable bonds is 4. The van der Waals surface area contributed by atoms with Gasteiger partial charge in [-0.15, -0.1) is 0 Å². The fraction of sp³-hybridized carbons (Fsp3) is 0.467. The van der Waals surface area contributed by atoms with Crippen LogP contribution in [-0.2, 0) is 9.53 Å². The molecule has 0 fully saturated rings. The van der Waals surface area contributed by atoms with Crippen LogP contribution in [0.25, 0.3) is 0 Å². The van der Waals surface area contributed by atoms with E-state index in [2.05, 4.69) is 0 Å². The number of thioether (sulfide) groups is 1. The summed E-state index contributed by atoms with van der Waals surface area (Å²) in [6.07, 6.45) is 0. The van der Waals surface area contributed by atoms with E-state index in [1.807, 2.05) is 39.0 Å². The van der Waals surface area contributed by atoms with Crippen molar-refractivity contribution in [2.75, 3.05) is 5.75 Å². The fourth-order valence-electron chi connectivity index (χ4n) is 1.33. The first-order chi connectivity index (χ1) is 8.79. The Morgan fingerprint density at radius 2 is 1.79 bits per heavy atom. The average Bonchev–Trinajstić information content (AvgIpc) is 2.34. The van der Waals surface area contributed by atoms with Crippen molar-refractivity contribution in [3.05, 3.63) is 35.9 Å². The lowest BCUT2D eigenvalue weighted by atomic mass is 10.1. The van der Waals surface area contributed by atoms with Gasteiger partial charge in [-0.05, 0) is 20.8 Å². The van der Waals surface area contributed by atoms with Crippen molar-refractivity contribution >= 4 is 22.8 Å². The monoisotopic (exact) mass is 280 g/mol. The van der Waals surface area contributed by atoms with Crippen molar-refractivity contribution in [2.45, 2.75) is 33.3 Å². The molecule has 104 valence electrons. The van der Waals surface area contributed by atoms with Crippen LogP contribution in [0, 0.1) is 5.92 Å². The summed E-state index contributed by atoms with van der Waals surface area (Å²) < 4.78 is 5.27. The highest BCUT2D eigenvalue weighted by Crippen LogP contribution is 2.18. The molecule has 0 aliphatic carbocycles. The maximum Gasteiger partial charge on any atom is 0.310 e. The SMILES string of the molecule is CC(CSC(=O)c1ccccc1)C(=O)OC(C)(C)C. The molecule has 4 heteroatoms. The minimum Gasteiger partial charge on any atom is -0.460 e. The second-order valence-electron chi connectivity index (χ2n) is 5.40. The summed E-state index contributed by atoms with van der Waals surface area (Å²) in [6.45, 7) is 7.28. The van der Waals surface area contributed by atoms with Gasteiger partial charge in [0, 0.05) is 11.3 Å². The average molecular weight is 280 g/mol. The molecule has 1 rings (SSSR count). The maximum absolute atomic E-state index is 11.9. The van der Waals surface area contributed by atoms with Crippen LogP contribution in [0.1, 0.15) is 38.1 Å². The third-order valence-electron chi connectivity index (χ3n) is 2.28. The van der Waals surface area contributed by atoms with Crippen LogP contribution in [-0.4, -0.2) is 22.4 Å². The van der Waals surface area contributed by atoms with Gasteiger partial charge in [0.2, 0.25) is 5.12 Å². The van der Waals surface area contributed by atoms with Crippen molar-refractivity contribution < 1.29 is 14.3 Å². The van der Waals surface area contributed by atoms with Gasteiger partial charge in [-0.3, -0.25) is 9.59 Å². The predicted octanol–water partition coefficient (Wildman–Crippen LogP) is 3.54. The number of esters is 1. The van der Waals surface area contributed by atoms with E-state index in [9.17, 15) is 9.59 Å². The Morgan fingerprint density at radius 3 is 2.32 bits per heavy atom. The molecular formula is C15H20O3S. The van der Waals surface area contributed by atoms with Gasteiger partial charge in [0.15, 0.2) is 0 Å². The van der Waals surface area contributed by atoms with Gasteiger partial charge in [0.25, 0.3) is 0 Å². The van der Waals surface area contributed by atoms with Crippen LogP contribution in [0.3, 0.4) is 0 Å². The first-order valence-corrected chi connectivity index (χ1v) is 7.23. The Kier molecular flexibility index (Phi) is 5.60. The second kappa shape index (κ2) is 6.75. The quantitative estimate of drug-likeness (QED) is 0.791. The molecule has 0 aromatic heterocycles. The zero-order valence-corrected chi connectivity index (χ0v) is 12.6. The summed E-state index contributed by atoms with van der Waals surface area (Å²) in [6, 6.07) is 9.06. The summed E-state index contributed by atoms with van der Waals surface area (Å²) in [7, 11) is 0. The summed E-state index contributed by atoms with van der Waals surface area (Å²) in [5.41, 5.74) is 0.170. The van der Waals surface area contributed by atoms with Crippen LogP contribution in [0.2, 0.25) is 0 Å². The van der Waals surface area contributed by atoms with Crippen molar-refractivity contribution in [3.63, 3.8) is 0 Å². The van der Waals surface area contributed by atoms with Gasteiger partial charge >= 0.3 is 5.97 Å². The Balaban J connectivity index is 2.44. The number of ether oxygens (including phenoxy) is 1. The lowest BCUT2D eigenvalue weighted by Crippen LogP contribution is -2.28. The lowest BCUT2D eigenvalue weighted by molar-refractivity contribution is -0.158. The van der Waals surface area contributed by atoms with Crippen molar-refractivity contribution in [1.29, 1.82) is 0 Å². The third kappa shape index (κ3) is 5.92. The highest BCUT2D eigenvalue weighted by molar-refractivity contribution is 8.14. The molecule has 0 radical (unpaired) electrons. The third-order valence-corrected chi connectivity index (χ3v) is 3.45. The first kappa shape index (κ1) is 15.8. The Morgan fingerprint density at radius 1 is 1.21 bits per heavy atom. The molecule has 0 saturated heterocycles. The van der Waals surface area contributed by atoms with E-state index in [1.165, 1.54) is 0 Å². The smallest absolute Gasteiger partial charge is 0.310 e. The number of hydrogen-bond donors (Lipinski definition) is 0. The summed E-state index contributed by atoms with van der Waals surface area (Å²) >= 11 is 1.15. The molecule has 1 atom stereocenters. The normalized spacial score (nSPS) is 12.8. The van der Waals surface area contributed by atoms with Gasteiger partial charge < -0.3 is 4.74 Å². The van der Waals surface area contributed by atoms with Crippen LogP contribution >= 0.6 is 11.8 Å². The minimum atomic E-state index is -0.487. The molecule has 1 aromatic rings. The van der Waals surface area contributed by atoms with Crippen LogP contribution in [0.5, 0.6) is 0 Å². The van der Waals surface area contributed by atoms with Gasteiger partial charge in [-0.1, -0.05) is 49.0 Å². The summed E-state index contributed by atoms with van der Waals surface area (Å²) in [5.74, 6) is -0.124. The lowest BCUT2D eigenvalue weighted by Gasteiger charge is -2.21. The maximum atomic E-state index is 11.9. The van der Waals surface area contributed by atoms with Gasteiger partial charge in [0.05, 0.1) is 5.92 Å². The standard InChI is InChI=1S/C15H20O3S/c1-11(13(16)18-15(2,3)4)10-19-14(17)12-8-6-5-7-9-12/h5-9,11H,10H2,1-4H3. The largest absolute Gasteiger partial charge is 0.460 e. The second-order valence-corrected chi connectivity index (χ2v) is 6.39. The van der Waals surface area contributed by atoms with E-state index >= 15 is 0 Å².